The fourth-order valence-corrected chi connectivity index (χ4v) is 1.09. The Balaban J connectivity index is 3.91. The molecule has 8 heteroatoms. The molecule has 0 spiro atoms. The van der Waals surface area contributed by atoms with Gasteiger partial charge in [-0.2, -0.15) is 0 Å². The molecule has 0 saturated carbocycles. The Morgan fingerprint density at radius 2 is 2.00 bits per heavy atom. The van der Waals surface area contributed by atoms with Gasteiger partial charge in [-0.15, -0.1) is 0 Å². The third kappa shape index (κ3) is 8.06. The van der Waals surface area contributed by atoms with Crippen LogP contribution in [0.25, 0.3) is 0 Å². The standard InChI is InChI=1S/C8H15F2N3O3/c9-6(10)5-13(3-4-14)2-1-7(15)12-8(11)16/h6,14H,1-5H2,(H3,11,12,15,16). The third-order valence-corrected chi connectivity index (χ3v) is 1.73. The van der Waals surface area contributed by atoms with E-state index in [2.05, 4.69) is 0 Å². The Labute approximate surface area is 91.4 Å². The molecule has 0 aliphatic rings. The Morgan fingerprint density at radius 1 is 1.38 bits per heavy atom. The van der Waals surface area contributed by atoms with E-state index in [-0.39, 0.29) is 26.1 Å². The largest absolute Gasteiger partial charge is 0.395 e. The maximum Gasteiger partial charge on any atom is 0.318 e. The first kappa shape index (κ1) is 14.7. The molecule has 0 aromatic carbocycles. The lowest BCUT2D eigenvalue weighted by molar-refractivity contribution is -0.120. The Morgan fingerprint density at radius 3 is 2.44 bits per heavy atom. The zero-order chi connectivity index (χ0) is 12.6. The number of aliphatic hydroxyl groups excluding tert-OH is 1. The molecule has 0 unspecified atom stereocenters. The summed E-state index contributed by atoms with van der Waals surface area (Å²) in [5.74, 6) is -0.635. The summed E-state index contributed by atoms with van der Waals surface area (Å²) in [5.41, 5.74) is 4.69. The van der Waals surface area contributed by atoms with Crippen LogP contribution in [0.15, 0.2) is 0 Å². The lowest BCUT2D eigenvalue weighted by Gasteiger charge is -2.19. The molecule has 0 atom stereocenters. The highest BCUT2D eigenvalue weighted by Gasteiger charge is 2.13. The number of amides is 3. The number of nitrogens with two attached hydrogens (primary N) is 1. The van der Waals surface area contributed by atoms with Gasteiger partial charge < -0.3 is 10.8 Å². The maximum atomic E-state index is 12.0. The van der Waals surface area contributed by atoms with E-state index in [4.69, 9.17) is 10.8 Å². The van der Waals surface area contributed by atoms with E-state index < -0.39 is 24.9 Å². The number of primary amides is 1. The summed E-state index contributed by atoms with van der Waals surface area (Å²) in [4.78, 5) is 22.5. The van der Waals surface area contributed by atoms with Crippen LogP contribution in [0.2, 0.25) is 0 Å². The molecule has 0 radical (unpaired) electrons. The van der Waals surface area contributed by atoms with Crippen LogP contribution in [0, 0.1) is 0 Å². The number of hydrogen-bond acceptors (Lipinski definition) is 4. The molecular weight excluding hydrogens is 224 g/mol. The monoisotopic (exact) mass is 239 g/mol. The molecule has 3 amide bonds. The second-order valence-electron chi connectivity index (χ2n) is 3.08. The number of carbonyl (C=O) groups is 2. The summed E-state index contributed by atoms with van der Waals surface area (Å²) in [6.45, 7) is -0.716. The van der Waals surface area contributed by atoms with E-state index in [1.807, 2.05) is 5.32 Å². The van der Waals surface area contributed by atoms with Crippen molar-refractivity contribution in [1.82, 2.24) is 10.2 Å². The van der Waals surface area contributed by atoms with Crippen molar-refractivity contribution in [2.45, 2.75) is 12.8 Å². The number of nitrogens with one attached hydrogen (secondary N) is 1. The van der Waals surface area contributed by atoms with E-state index in [1.165, 1.54) is 4.90 Å². The van der Waals surface area contributed by atoms with Crippen LogP contribution >= 0.6 is 0 Å². The number of hydrogen-bond donors (Lipinski definition) is 3. The highest BCUT2D eigenvalue weighted by atomic mass is 19.3. The minimum atomic E-state index is -2.54. The van der Waals surface area contributed by atoms with E-state index in [0.29, 0.717) is 0 Å². The molecule has 0 aromatic rings. The van der Waals surface area contributed by atoms with Gasteiger partial charge in [0.15, 0.2) is 0 Å². The van der Waals surface area contributed by atoms with Crippen molar-refractivity contribution in [3.63, 3.8) is 0 Å². The lowest BCUT2D eigenvalue weighted by Crippen LogP contribution is -2.39. The van der Waals surface area contributed by atoms with Gasteiger partial charge in [-0.3, -0.25) is 15.0 Å². The van der Waals surface area contributed by atoms with Crippen molar-refractivity contribution in [1.29, 1.82) is 0 Å². The number of alkyl halides is 2. The van der Waals surface area contributed by atoms with E-state index in [9.17, 15) is 18.4 Å². The lowest BCUT2D eigenvalue weighted by atomic mass is 10.3. The maximum absolute atomic E-state index is 12.0. The third-order valence-electron chi connectivity index (χ3n) is 1.73. The minimum Gasteiger partial charge on any atom is -0.395 e. The van der Waals surface area contributed by atoms with Crippen molar-refractivity contribution < 1.29 is 23.5 Å². The fraction of sp³-hybridized carbons (Fsp3) is 0.750. The minimum absolute atomic E-state index is 0.0318. The van der Waals surface area contributed by atoms with E-state index in [1.54, 1.807) is 0 Å². The van der Waals surface area contributed by atoms with E-state index in [0.717, 1.165) is 0 Å². The van der Waals surface area contributed by atoms with Gasteiger partial charge in [0.05, 0.1) is 13.2 Å². The Kier molecular flexibility index (Phi) is 7.31. The quantitative estimate of drug-likeness (QED) is 0.538. The predicted molar refractivity (Wildman–Crippen MR) is 51.9 cm³/mol. The summed E-state index contributed by atoms with van der Waals surface area (Å²) in [6, 6.07) is -0.979. The Hall–Kier alpha value is -1.28. The zero-order valence-electron chi connectivity index (χ0n) is 8.66. The van der Waals surface area contributed by atoms with Crippen molar-refractivity contribution in [3.8, 4) is 0 Å². The van der Waals surface area contributed by atoms with Crippen molar-refractivity contribution >= 4 is 11.9 Å². The molecule has 0 saturated heterocycles. The molecule has 4 N–H and O–H groups in total. The van der Waals surface area contributed by atoms with Crippen LogP contribution < -0.4 is 11.1 Å². The Bertz CT molecular complexity index is 239. The number of carbonyl (C=O) groups excluding carboxylic acids is 2. The SMILES string of the molecule is NC(=O)NC(=O)CCN(CCO)CC(F)F. The molecule has 0 aliphatic carbocycles. The number of nitrogens with zero attached hydrogens (tertiary/aromatic N) is 1. The van der Waals surface area contributed by atoms with Crippen molar-refractivity contribution in [3.05, 3.63) is 0 Å². The first-order chi connectivity index (χ1) is 7.45. The van der Waals surface area contributed by atoms with Gasteiger partial charge in [0.2, 0.25) is 5.91 Å². The molecule has 94 valence electrons. The number of halogens is 2. The van der Waals surface area contributed by atoms with Gasteiger partial charge in [0.25, 0.3) is 6.43 Å². The van der Waals surface area contributed by atoms with Crippen LogP contribution in [0.3, 0.4) is 0 Å². The topological polar surface area (TPSA) is 95.7 Å². The summed E-state index contributed by atoms with van der Waals surface area (Å²) < 4.78 is 24.1. The molecule has 16 heavy (non-hydrogen) atoms. The second kappa shape index (κ2) is 7.94. The molecule has 6 nitrogen and oxygen atoms in total. The van der Waals surface area contributed by atoms with Gasteiger partial charge >= 0.3 is 6.03 Å². The second-order valence-corrected chi connectivity index (χ2v) is 3.08. The van der Waals surface area contributed by atoms with Crippen molar-refractivity contribution in [2.75, 3.05) is 26.2 Å². The number of rotatable bonds is 7. The highest BCUT2D eigenvalue weighted by molar-refractivity contribution is 5.93. The van der Waals surface area contributed by atoms with Gasteiger partial charge in [-0.05, 0) is 0 Å². The summed E-state index contributed by atoms with van der Waals surface area (Å²) in [5, 5.41) is 10.4. The molecular formula is C8H15F2N3O3. The average molecular weight is 239 g/mol. The van der Waals surface area contributed by atoms with Crippen LogP contribution in [0.4, 0.5) is 13.6 Å². The first-order valence-corrected chi connectivity index (χ1v) is 4.66. The molecule has 0 bridgehead atoms. The van der Waals surface area contributed by atoms with Crippen LogP contribution in [-0.4, -0.2) is 54.6 Å². The van der Waals surface area contributed by atoms with Crippen LogP contribution in [-0.2, 0) is 4.79 Å². The zero-order valence-corrected chi connectivity index (χ0v) is 8.66. The van der Waals surface area contributed by atoms with E-state index >= 15 is 0 Å². The molecule has 0 heterocycles. The number of urea groups is 1. The summed E-state index contributed by atoms with van der Waals surface area (Å²) in [7, 11) is 0. The summed E-state index contributed by atoms with van der Waals surface area (Å²) >= 11 is 0. The smallest absolute Gasteiger partial charge is 0.318 e. The number of imide groups is 1. The van der Waals surface area contributed by atoms with Gasteiger partial charge in [-0.25, -0.2) is 13.6 Å². The molecule has 0 rings (SSSR count). The normalized spacial score (nSPS) is 10.8. The molecule has 0 aliphatic heterocycles. The fourth-order valence-electron chi connectivity index (χ4n) is 1.09. The van der Waals surface area contributed by atoms with Gasteiger partial charge in [-0.1, -0.05) is 0 Å². The first-order valence-electron chi connectivity index (χ1n) is 4.66. The van der Waals surface area contributed by atoms with Crippen molar-refractivity contribution in [2.24, 2.45) is 5.73 Å². The van der Waals surface area contributed by atoms with Crippen LogP contribution in [0.5, 0.6) is 0 Å². The van der Waals surface area contributed by atoms with Crippen LogP contribution in [0.1, 0.15) is 6.42 Å². The van der Waals surface area contributed by atoms with Gasteiger partial charge in [0.1, 0.15) is 0 Å². The summed E-state index contributed by atoms with van der Waals surface area (Å²) in [6.07, 6.45) is -2.67. The van der Waals surface area contributed by atoms with Gasteiger partial charge in [0, 0.05) is 19.5 Å². The average Bonchev–Trinajstić information content (AvgIpc) is 2.12. The molecule has 0 fully saturated rings. The highest BCUT2D eigenvalue weighted by Crippen LogP contribution is 1.99. The molecule has 0 aromatic heterocycles. The predicted octanol–water partition coefficient (Wildman–Crippen LogP) is -0.869. The number of aliphatic hydroxyl groups is 1.